The van der Waals surface area contributed by atoms with E-state index in [-0.39, 0.29) is 29.9 Å². The molecule has 0 atom stereocenters. The third-order valence-electron chi connectivity index (χ3n) is 2.95. The lowest BCUT2D eigenvalue weighted by Crippen LogP contribution is -2.37. The summed E-state index contributed by atoms with van der Waals surface area (Å²) in [6, 6.07) is 0. The molecule has 0 bridgehead atoms. The van der Waals surface area contributed by atoms with E-state index in [0.717, 1.165) is 57.7 Å². The first-order valence-corrected chi connectivity index (χ1v) is 7.83. The van der Waals surface area contributed by atoms with Gasteiger partial charge in [0.25, 0.3) is 0 Å². The summed E-state index contributed by atoms with van der Waals surface area (Å²) in [7, 11) is 1.44. The third-order valence-corrected chi connectivity index (χ3v) is 2.95. The normalized spacial score (nSPS) is 10.7. The molecule has 0 rings (SSSR count). The quantitative estimate of drug-likeness (QED) is 0.180. The molecule has 6 heteroatoms. The van der Waals surface area contributed by atoms with Gasteiger partial charge in [0.05, 0.1) is 7.11 Å². The molecule has 21 heavy (non-hydrogen) atoms. The molecular formula is C15H32IN3O2. The molecule has 0 saturated heterocycles. The molecule has 0 aromatic heterocycles. The van der Waals surface area contributed by atoms with Gasteiger partial charge in [0, 0.05) is 26.1 Å². The second-order valence-corrected chi connectivity index (χ2v) is 4.78. The summed E-state index contributed by atoms with van der Waals surface area (Å²) in [5, 5.41) is 6.57. The van der Waals surface area contributed by atoms with Crippen molar-refractivity contribution in [2.45, 2.75) is 58.8 Å². The topological polar surface area (TPSA) is 62.7 Å². The average Bonchev–Trinajstić information content (AvgIpc) is 2.46. The molecule has 0 radical (unpaired) electrons. The monoisotopic (exact) mass is 413 g/mol. The number of halogens is 1. The van der Waals surface area contributed by atoms with Crippen molar-refractivity contribution in [3.63, 3.8) is 0 Å². The SMILES string of the molecule is CCCCNC(=NCCCCCCC(=O)OC)NCC.I. The average molecular weight is 413 g/mol. The predicted molar refractivity (Wildman–Crippen MR) is 99.4 cm³/mol. The van der Waals surface area contributed by atoms with E-state index < -0.39 is 0 Å². The molecule has 0 aliphatic rings. The molecule has 5 nitrogen and oxygen atoms in total. The molecule has 0 unspecified atom stereocenters. The number of esters is 1. The summed E-state index contributed by atoms with van der Waals surface area (Å²) >= 11 is 0. The number of guanidine groups is 1. The highest BCUT2D eigenvalue weighted by Crippen LogP contribution is 2.03. The van der Waals surface area contributed by atoms with E-state index in [4.69, 9.17) is 0 Å². The number of hydrogen-bond acceptors (Lipinski definition) is 3. The van der Waals surface area contributed by atoms with Crippen LogP contribution in [0.25, 0.3) is 0 Å². The number of nitrogens with one attached hydrogen (secondary N) is 2. The van der Waals surface area contributed by atoms with E-state index in [9.17, 15) is 4.79 Å². The highest BCUT2D eigenvalue weighted by atomic mass is 127. The third kappa shape index (κ3) is 15.7. The van der Waals surface area contributed by atoms with Crippen LogP contribution in [0.15, 0.2) is 4.99 Å². The maximum atomic E-state index is 10.9. The Bertz CT molecular complexity index is 274. The molecule has 0 aromatic rings. The van der Waals surface area contributed by atoms with Crippen molar-refractivity contribution in [3.8, 4) is 0 Å². The van der Waals surface area contributed by atoms with E-state index in [1.54, 1.807) is 0 Å². The Morgan fingerprint density at radius 2 is 1.76 bits per heavy atom. The van der Waals surface area contributed by atoms with Crippen LogP contribution in [0.2, 0.25) is 0 Å². The van der Waals surface area contributed by atoms with Crippen LogP contribution < -0.4 is 10.6 Å². The van der Waals surface area contributed by atoms with Crippen LogP contribution in [-0.2, 0) is 9.53 Å². The zero-order chi connectivity index (χ0) is 15.1. The van der Waals surface area contributed by atoms with Crippen LogP contribution in [0.3, 0.4) is 0 Å². The number of nitrogens with zero attached hydrogens (tertiary/aromatic N) is 1. The van der Waals surface area contributed by atoms with Crippen molar-refractivity contribution >= 4 is 35.9 Å². The van der Waals surface area contributed by atoms with Crippen molar-refractivity contribution in [3.05, 3.63) is 0 Å². The predicted octanol–water partition coefficient (Wildman–Crippen LogP) is 3.08. The number of ether oxygens (including phenoxy) is 1. The van der Waals surface area contributed by atoms with Crippen LogP contribution >= 0.6 is 24.0 Å². The molecule has 126 valence electrons. The first-order chi connectivity index (χ1) is 9.74. The molecule has 0 saturated carbocycles. The van der Waals surface area contributed by atoms with Gasteiger partial charge in [-0.2, -0.15) is 0 Å². The van der Waals surface area contributed by atoms with Gasteiger partial charge in [-0.25, -0.2) is 0 Å². The summed E-state index contributed by atoms with van der Waals surface area (Å²) < 4.78 is 4.61. The van der Waals surface area contributed by atoms with E-state index in [2.05, 4.69) is 34.2 Å². The van der Waals surface area contributed by atoms with Gasteiger partial charge in [0.15, 0.2) is 5.96 Å². The van der Waals surface area contributed by atoms with Crippen LogP contribution in [0, 0.1) is 0 Å². The molecular weight excluding hydrogens is 381 g/mol. The summed E-state index contributed by atoms with van der Waals surface area (Å²) in [5.41, 5.74) is 0. The minimum Gasteiger partial charge on any atom is -0.469 e. The molecule has 2 N–H and O–H groups in total. The standard InChI is InChI=1S/C15H31N3O2.HI/c1-4-6-12-17-15(16-5-2)18-13-10-8-7-9-11-14(19)20-3;/h4-13H2,1-3H3,(H2,16,17,18);1H. The lowest BCUT2D eigenvalue weighted by molar-refractivity contribution is -0.140. The number of unbranched alkanes of at least 4 members (excludes halogenated alkanes) is 4. The summed E-state index contributed by atoms with van der Waals surface area (Å²) in [4.78, 5) is 15.5. The number of carbonyl (C=O) groups is 1. The largest absolute Gasteiger partial charge is 0.469 e. The smallest absolute Gasteiger partial charge is 0.305 e. The molecule has 0 aromatic carbocycles. The van der Waals surface area contributed by atoms with E-state index in [1.165, 1.54) is 13.5 Å². The fourth-order valence-corrected chi connectivity index (χ4v) is 1.75. The minimum atomic E-state index is -0.113. The first-order valence-electron chi connectivity index (χ1n) is 7.83. The number of hydrogen-bond donors (Lipinski definition) is 2. The molecule has 0 fully saturated rings. The van der Waals surface area contributed by atoms with Gasteiger partial charge in [-0.15, -0.1) is 24.0 Å². The second-order valence-electron chi connectivity index (χ2n) is 4.78. The second kappa shape index (κ2) is 17.5. The van der Waals surface area contributed by atoms with Crippen LogP contribution in [0.5, 0.6) is 0 Å². The maximum Gasteiger partial charge on any atom is 0.305 e. The Morgan fingerprint density at radius 3 is 2.38 bits per heavy atom. The Kier molecular flexibility index (Phi) is 19.0. The fourth-order valence-electron chi connectivity index (χ4n) is 1.75. The van der Waals surface area contributed by atoms with E-state index in [1.807, 2.05) is 0 Å². The van der Waals surface area contributed by atoms with Crippen molar-refractivity contribution in [1.29, 1.82) is 0 Å². The van der Waals surface area contributed by atoms with E-state index >= 15 is 0 Å². The maximum absolute atomic E-state index is 10.9. The Labute approximate surface area is 146 Å². The van der Waals surface area contributed by atoms with E-state index in [0.29, 0.717) is 6.42 Å². The van der Waals surface area contributed by atoms with Gasteiger partial charge in [0.2, 0.25) is 0 Å². The number of rotatable bonds is 11. The summed E-state index contributed by atoms with van der Waals surface area (Å²) in [5.74, 6) is 0.799. The fraction of sp³-hybridized carbons (Fsp3) is 0.867. The first kappa shape index (κ1) is 22.7. The van der Waals surface area contributed by atoms with Crippen molar-refractivity contribution < 1.29 is 9.53 Å². The highest BCUT2D eigenvalue weighted by Gasteiger charge is 1.99. The van der Waals surface area contributed by atoms with Crippen LogP contribution in [0.4, 0.5) is 0 Å². The lowest BCUT2D eigenvalue weighted by Gasteiger charge is -2.10. The molecule has 0 aliphatic carbocycles. The van der Waals surface area contributed by atoms with Gasteiger partial charge in [-0.05, 0) is 26.2 Å². The van der Waals surface area contributed by atoms with Crippen LogP contribution in [0.1, 0.15) is 58.8 Å². The summed E-state index contributed by atoms with van der Waals surface area (Å²) in [6.45, 7) is 6.95. The van der Waals surface area contributed by atoms with Gasteiger partial charge >= 0.3 is 5.97 Å². The zero-order valence-electron chi connectivity index (χ0n) is 13.7. The minimum absolute atomic E-state index is 0. The van der Waals surface area contributed by atoms with Gasteiger partial charge in [-0.1, -0.05) is 26.2 Å². The van der Waals surface area contributed by atoms with Crippen molar-refractivity contribution in [2.24, 2.45) is 4.99 Å². The number of aliphatic imine (C=N–C) groups is 1. The summed E-state index contributed by atoms with van der Waals surface area (Å²) in [6.07, 6.45) is 7.02. The molecule has 0 heterocycles. The lowest BCUT2D eigenvalue weighted by atomic mass is 10.1. The Hall–Kier alpha value is -0.530. The van der Waals surface area contributed by atoms with Gasteiger partial charge < -0.3 is 15.4 Å². The molecule has 0 spiro atoms. The molecule has 0 amide bonds. The van der Waals surface area contributed by atoms with Crippen LogP contribution in [-0.4, -0.2) is 38.7 Å². The van der Waals surface area contributed by atoms with Crippen molar-refractivity contribution in [2.75, 3.05) is 26.7 Å². The van der Waals surface area contributed by atoms with Gasteiger partial charge in [-0.3, -0.25) is 9.79 Å². The number of methoxy groups -OCH3 is 1. The van der Waals surface area contributed by atoms with Gasteiger partial charge in [0.1, 0.15) is 0 Å². The van der Waals surface area contributed by atoms with Crippen molar-refractivity contribution in [1.82, 2.24) is 10.6 Å². The number of carbonyl (C=O) groups excluding carboxylic acids is 1. The highest BCUT2D eigenvalue weighted by molar-refractivity contribution is 14.0. The zero-order valence-corrected chi connectivity index (χ0v) is 16.1. The Morgan fingerprint density at radius 1 is 1.05 bits per heavy atom. The Balaban J connectivity index is 0. The molecule has 0 aliphatic heterocycles.